The van der Waals surface area contributed by atoms with E-state index in [1.165, 1.54) is 12.2 Å². The zero-order chi connectivity index (χ0) is 17.5. The lowest BCUT2D eigenvalue weighted by molar-refractivity contribution is 0.192. The average Bonchev–Trinajstić information content (AvgIpc) is 2.72. The van der Waals surface area contributed by atoms with Crippen LogP contribution in [-0.4, -0.2) is 20.4 Å². The standard InChI is InChI=1S/C20H20O4/c1-19(11-16(22)5-6-17(23)12-19)20(2)8-7-13-3-4-15(21)9-14(13)10-18(20)24/h3-12,21-24H,1-2H3. The second-order valence-electron chi connectivity index (χ2n) is 6.63. The van der Waals surface area contributed by atoms with Crippen LogP contribution in [0.4, 0.5) is 0 Å². The Morgan fingerprint density at radius 1 is 0.792 bits per heavy atom. The van der Waals surface area contributed by atoms with E-state index in [1.807, 2.05) is 26.0 Å². The Hall–Kier alpha value is -2.88. The maximum absolute atomic E-state index is 10.8. The van der Waals surface area contributed by atoms with Crippen molar-refractivity contribution in [3.63, 3.8) is 0 Å². The summed E-state index contributed by atoms with van der Waals surface area (Å²) in [4.78, 5) is 0. The number of allylic oxidation sites excluding steroid dienone is 5. The van der Waals surface area contributed by atoms with E-state index in [0.29, 0.717) is 5.56 Å². The third-order valence-electron chi connectivity index (χ3n) is 4.93. The van der Waals surface area contributed by atoms with Crippen molar-refractivity contribution < 1.29 is 20.4 Å². The van der Waals surface area contributed by atoms with Gasteiger partial charge in [-0.2, -0.15) is 0 Å². The van der Waals surface area contributed by atoms with E-state index in [0.717, 1.165) is 5.56 Å². The second-order valence-corrected chi connectivity index (χ2v) is 6.63. The summed E-state index contributed by atoms with van der Waals surface area (Å²) in [6.45, 7) is 3.66. The largest absolute Gasteiger partial charge is 0.511 e. The van der Waals surface area contributed by atoms with Crippen LogP contribution in [0.2, 0.25) is 0 Å². The number of aliphatic hydroxyl groups excluding tert-OH is 3. The number of phenolic OH excluding ortho intramolecular Hbond substituents is 1. The van der Waals surface area contributed by atoms with Gasteiger partial charge in [0.1, 0.15) is 23.0 Å². The van der Waals surface area contributed by atoms with Gasteiger partial charge in [0.25, 0.3) is 0 Å². The molecule has 4 heteroatoms. The van der Waals surface area contributed by atoms with E-state index in [-0.39, 0.29) is 23.0 Å². The van der Waals surface area contributed by atoms with Gasteiger partial charge in [-0.1, -0.05) is 25.1 Å². The Morgan fingerprint density at radius 2 is 1.42 bits per heavy atom. The number of hydrogen-bond acceptors (Lipinski definition) is 4. The Morgan fingerprint density at radius 3 is 2.04 bits per heavy atom. The third kappa shape index (κ3) is 2.50. The highest BCUT2D eigenvalue weighted by Crippen LogP contribution is 2.51. The minimum atomic E-state index is -0.907. The molecule has 1 aromatic rings. The molecule has 0 fully saturated rings. The Kier molecular flexibility index (Phi) is 3.56. The van der Waals surface area contributed by atoms with Crippen molar-refractivity contribution >= 4 is 12.2 Å². The van der Waals surface area contributed by atoms with Crippen LogP contribution >= 0.6 is 0 Å². The van der Waals surface area contributed by atoms with Crippen LogP contribution in [0.15, 0.2) is 65.9 Å². The molecule has 2 aliphatic rings. The van der Waals surface area contributed by atoms with Gasteiger partial charge in [-0.25, -0.2) is 0 Å². The van der Waals surface area contributed by atoms with Crippen molar-refractivity contribution in [2.24, 2.45) is 10.8 Å². The second kappa shape index (κ2) is 5.34. The third-order valence-corrected chi connectivity index (χ3v) is 4.93. The van der Waals surface area contributed by atoms with Gasteiger partial charge in [0, 0.05) is 5.41 Å². The van der Waals surface area contributed by atoms with Gasteiger partial charge >= 0.3 is 0 Å². The van der Waals surface area contributed by atoms with Crippen LogP contribution in [0.1, 0.15) is 25.0 Å². The first-order valence-electron chi connectivity index (χ1n) is 7.69. The molecule has 0 heterocycles. The highest BCUT2D eigenvalue weighted by atomic mass is 16.3. The lowest BCUT2D eigenvalue weighted by Crippen LogP contribution is -2.35. The van der Waals surface area contributed by atoms with E-state index in [4.69, 9.17) is 0 Å². The normalized spacial score (nSPS) is 25.0. The van der Waals surface area contributed by atoms with Crippen LogP contribution in [-0.2, 0) is 0 Å². The maximum atomic E-state index is 10.8. The molecule has 0 radical (unpaired) electrons. The summed E-state index contributed by atoms with van der Waals surface area (Å²) in [7, 11) is 0. The first kappa shape index (κ1) is 16.0. The zero-order valence-electron chi connectivity index (χ0n) is 13.6. The molecule has 1 unspecified atom stereocenters. The predicted octanol–water partition coefficient (Wildman–Crippen LogP) is 4.78. The molecule has 0 bridgehead atoms. The van der Waals surface area contributed by atoms with Crippen molar-refractivity contribution in [1.82, 2.24) is 0 Å². The Bertz CT molecular complexity index is 817. The van der Waals surface area contributed by atoms with Crippen LogP contribution in [0.25, 0.3) is 12.2 Å². The average molecular weight is 324 g/mol. The molecule has 124 valence electrons. The SMILES string of the molecule is CC1(C2(C)C=Cc3ccc(O)cc3C=C2O)C=C(O)C=CC(O)=C1. The smallest absolute Gasteiger partial charge is 0.116 e. The minimum Gasteiger partial charge on any atom is -0.511 e. The number of fused-ring (bicyclic) bond motifs is 1. The number of aromatic hydroxyl groups is 1. The Labute approximate surface area is 140 Å². The van der Waals surface area contributed by atoms with Crippen molar-refractivity contribution in [1.29, 1.82) is 0 Å². The molecular weight excluding hydrogens is 304 g/mol. The van der Waals surface area contributed by atoms with Gasteiger partial charge in [-0.15, -0.1) is 0 Å². The van der Waals surface area contributed by atoms with Gasteiger partial charge in [0.05, 0.1) is 5.41 Å². The first-order chi connectivity index (χ1) is 11.2. The van der Waals surface area contributed by atoms with Gasteiger partial charge in [-0.3, -0.25) is 0 Å². The van der Waals surface area contributed by atoms with E-state index in [1.54, 1.807) is 36.4 Å². The molecule has 0 aromatic heterocycles. The molecule has 0 aliphatic heterocycles. The summed E-state index contributed by atoms with van der Waals surface area (Å²) < 4.78 is 0. The molecule has 0 spiro atoms. The molecule has 0 saturated carbocycles. The highest BCUT2D eigenvalue weighted by Gasteiger charge is 2.45. The summed E-state index contributed by atoms with van der Waals surface area (Å²) in [5.74, 6) is 0.217. The number of rotatable bonds is 1. The van der Waals surface area contributed by atoms with Crippen molar-refractivity contribution in [3.8, 4) is 5.75 Å². The van der Waals surface area contributed by atoms with Crippen LogP contribution in [0.5, 0.6) is 5.75 Å². The van der Waals surface area contributed by atoms with Crippen LogP contribution in [0, 0.1) is 10.8 Å². The quantitative estimate of drug-likeness (QED) is 0.599. The van der Waals surface area contributed by atoms with Crippen molar-refractivity contribution in [3.05, 3.63) is 77.0 Å². The molecule has 0 saturated heterocycles. The highest BCUT2D eigenvalue weighted by molar-refractivity contribution is 5.71. The minimum absolute atomic E-state index is 0.0135. The van der Waals surface area contributed by atoms with Crippen molar-refractivity contribution in [2.75, 3.05) is 0 Å². The summed E-state index contributed by atoms with van der Waals surface area (Å²) in [5, 5.41) is 40.5. The van der Waals surface area contributed by atoms with E-state index < -0.39 is 10.8 Å². The lowest BCUT2D eigenvalue weighted by atomic mass is 9.63. The number of aliphatic hydroxyl groups is 3. The molecule has 3 rings (SSSR count). The molecule has 2 aliphatic carbocycles. The monoisotopic (exact) mass is 324 g/mol. The molecule has 1 aromatic carbocycles. The molecule has 4 nitrogen and oxygen atoms in total. The maximum Gasteiger partial charge on any atom is 0.116 e. The summed E-state index contributed by atoms with van der Waals surface area (Å²) in [5.41, 5.74) is -0.217. The van der Waals surface area contributed by atoms with Gasteiger partial charge in [0.2, 0.25) is 0 Å². The van der Waals surface area contributed by atoms with Gasteiger partial charge in [-0.05, 0) is 60.6 Å². The van der Waals surface area contributed by atoms with Crippen LogP contribution in [0.3, 0.4) is 0 Å². The summed E-state index contributed by atoms with van der Waals surface area (Å²) >= 11 is 0. The van der Waals surface area contributed by atoms with E-state index in [9.17, 15) is 20.4 Å². The topological polar surface area (TPSA) is 80.9 Å². The van der Waals surface area contributed by atoms with E-state index in [2.05, 4.69) is 0 Å². The van der Waals surface area contributed by atoms with E-state index >= 15 is 0 Å². The summed E-state index contributed by atoms with van der Waals surface area (Å²) in [6, 6.07) is 4.94. The number of hydrogen-bond donors (Lipinski definition) is 4. The molecule has 0 amide bonds. The van der Waals surface area contributed by atoms with Gasteiger partial charge < -0.3 is 20.4 Å². The first-order valence-corrected chi connectivity index (χ1v) is 7.69. The fraction of sp³-hybridized carbons (Fsp3) is 0.200. The zero-order valence-corrected chi connectivity index (χ0v) is 13.6. The summed E-state index contributed by atoms with van der Waals surface area (Å²) in [6.07, 6.45) is 11.4. The molecular formula is C20H20O4. The molecule has 4 N–H and O–H groups in total. The van der Waals surface area contributed by atoms with Crippen LogP contribution < -0.4 is 0 Å². The molecule has 1 atom stereocenters. The fourth-order valence-corrected chi connectivity index (χ4v) is 3.16. The predicted molar refractivity (Wildman–Crippen MR) is 94.5 cm³/mol. The lowest BCUT2D eigenvalue weighted by Gasteiger charge is -2.40. The Balaban J connectivity index is 2.19. The van der Waals surface area contributed by atoms with Crippen molar-refractivity contribution in [2.45, 2.75) is 13.8 Å². The fourth-order valence-electron chi connectivity index (χ4n) is 3.16. The number of phenols is 1. The van der Waals surface area contributed by atoms with Gasteiger partial charge in [0.15, 0.2) is 0 Å². The number of benzene rings is 1. The molecule has 24 heavy (non-hydrogen) atoms.